The summed E-state index contributed by atoms with van der Waals surface area (Å²) in [7, 11) is -13.2. The molecular weight excluding hydrogens is 729 g/mol. The van der Waals surface area contributed by atoms with E-state index in [9.17, 15) is 0 Å². The van der Waals surface area contributed by atoms with Crippen LogP contribution in [0.1, 0.15) is 78.1 Å². The molecule has 0 N–H and O–H groups in total. The van der Waals surface area contributed by atoms with Crippen LogP contribution in [0.15, 0.2) is 0 Å². The lowest BCUT2D eigenvalue weighted by Gasteiger charge is -2.46. The predicted octanol–water partition coefficient (Wildman–Crippen LogP) is 5.88. The molecule has 0 radical (unpaired) electrons. The summed E-state index contributed by atoms with van der Waals surface area (Å²) in [6.07, 6.45) is 12.8. The van der Waals surface area contributed by atoms with Gasteiger partial charge in [-0.1, -0.05) is 13.8 Å². The molecule has 276 valence electrons. The smallest absolute Gasteiger partial charge is 0.317 e. The van der Waals surface area contributed by atoms with Crippen molar-refractivity contribution in [3.8, 4) is 0 Å². The molecule has 0 aromatic rings. The Bertz CT molecular complexity index is 828. The molecule has 2 saturated carbocycles. The SMILES string of the molecule is C[SiH]1C[SiH](C)O[Si](C)(CCCOC2CCC(C(C)(C)C3CCC(OCCC[Si]4(C)O[SiH](C)O[SiH](C)O[SiH](C)O4)CC3)CC2)O[SiH](C)O1. The summed E-state index contributed by atoms with van der Waals surface area (Å²) in [6.45, 7) is 24.4. The zero-order chi connectivity index (χ0) is 34.2. The highest BCUT2D eigenvalue weighted by molar-refractivity contribution is 6.85. The summed E-state index contributed by atoms with van der Waals surface area (Å²) in [5.74, 6) is 1.58. The highest BCUT2D eigenvalue weighted by atomic mass is 28.5. The van der Waals surface area contributed by atoms with E-state index in [0.29, 0.717) is 17.6 Å². The van der Waals surface area contributed by atoms with E-state index >= 15 is 0 Å². The van der Waals surface area contributed by atoms with Crippen LogP contribution in [0, 0.1) is 17.3 Å². The van der Waals surface area contributed by atoms with Crippen LogP contribution >= 0.6 is 0 Å². The highest BCUT2D eigenvalue weighted by Gasteiger charge is 2.42. The Morgan fingerprint density at radius 3 is 1.40 bits per heavy atom. The quantitative estimate of drug-likeness (QED) is 0.178. The molecule has 17 heteroatoms. The van der Waals surface area contributed by atoms with E-state index in [1.165, 1.54) is 57.0 Å². The van der Waals surface area contributed by atoms with E-state index in [1.54, 1.807) is 0 Å². The van der Waals surface area contributed by atoms with Crippen LogP contribution in [-0.4, -0.2) is 97.8 Å². The van der Waals surface area contributed by atoms with Crippen molar-refractivity contribution < 1.29 is 38.3 Å². The maximum atomic E-state index is 6.66. The van der Waals surface area contributed by atoms with Gasteiger partial charge in [0.05, 0.1) is 12.2 Å². The second-order valence-corrected chi connectivity index (χ2v) is 38.2. The molecule has 4 aliphatic rings. The van der Waals surface area contributed by atoms with Crippen molar-refractivity contribution >= 4 is 72.3 Å². The van der Waals surface area contributed by atoms with Crippen LogP contribution in [0.25, 0.3) is 0 Å². The molecule has 2 saturated heterocycles. The van der Waals surface area contributed by atoms with Crippen LogP contribution in [-0.2, 0) is 38.3 Å². The van der Waals surface area contributed by atoms with E-state index in [0.717, 1.165) is 50.0 Å². The number of hydrogen-bond acceptors (Lipinski definition) is 9. The second-order valence-electron chi connectivity index (χ2n) is 16.0. The second kappa shape index (κ2) is 18.9. The normalized spacial score (nSPS) is 43.0. The van der Waals surface area contributed by atoms with Crippen molar-refractivity contribution in [3.05, 3.63) is 0 Å². The molecule has 2 aliphatic heterocycles. The minimum atomic E-state index is -2.25. The first kappa shape index (κ1) is 41.1. The fraction of sp³-hybridized carbons (Fsp3) is 1.00. The van der Waals surface area contributed by atoms with Gasteiger partial charge in [-0.2, -0.15) is 0 Å². The zero-order valence-electron chi connectivity index (χ0n) is 31.6. The van der Waals surface area contributed by atoms with Crippen LogP contribution in [0.5, 0.6) is 0 Å². The Balaban J connectivity index is 1.10. The van der Waals surface area contributed by atoms with Gasteiger partial charge in [0.15, 0.2) is 18.1 Å². The van der Waals surface area contributed by atoms with Gasteiger partial charge in [0.2, 0.25) is 0 Å². The molecule has 0 aromatic carbocycles. The molecule has 6 atom stereocenters. The molecule has 2 aliphatic carbocycles. The third kappa shape index (κ3) is 13.4. The molecule has 4 fully saturated rings. The Kier molecular flexibility index (Phi) is 16.6. The summed E-state index contributed by atoms with van der Waals surface area (Å²) in [5.41, 5.74) is 1.61. The van der Waals surface area contributed by atoms with Gasteiger partial charge in [0.25, 0.3) is 37.1 Å². The Hall–Kier alpha value is 1.38. The maximum Gasteiger partial charge on any atom is 0.317 e. The van der Waals surface area contributed by atoms with Gasteiger partial charge >= 0.3 is 17.1 Å². The number of hydrogen-bond donors (Lipinski definition) is 0. The van der Waals surface area contributed by atoms with Crippen LogP contribution < -0.4 is 0 Å². The largest absolute Gasteiger partial charge is 0.442 e. The van der Waals surface area contributed by atoms with Gasteiger partial charge in [-0.25, -0.2) is 0 Å². The Morgan fingerprint density at radius 2 is 0.957 bits per heavy atom. The lowest BCUT2D eigenvalue weighted by Crippen LogP contribution is -2.53. The first-order valence-corrected chi connectivity index (χ1v) is 37.4. The molecule has 6 unspecified atom stereocenters. The monoisotopic (exact) mass is 798 g/mol. The summed E-state index contributed by atoms with van der Waals surface area (Å²) in [4.78, 5) is 0. The molecule has 9 nitrogen and oxygen atoms in total. The van der Waals surface area contributed by atoms with E-state index in [2.05, 4.69) is 66.2 Å². The van der Waals surface area contributed by atoms with E-state index in [4.69, 9.17) is 38.3 Å². The van der Waals surface area contributed by atoms with Gasteiger partial charge in [-0.15, -0.1) is 0 Å². The number of rotatable bonds is 12. The third-order valence-electron chi connectivity index (χ3n) is 11.3. The van der Waals surface area contributed by atoms with Gasteiger partial charge in [0, 0.05) is 13.2 Å². The minimum absolute atomic E-state index is 0.380. The van der Waals surface area contributed by atoms with Gasteiger partial charge in [-0.3, -0.25) is 0 Å². The van der Waals surface area contributed by atoms with Crippen molar-refractivity contribution in [2.45, 2.75) is 160 Å². The molecule has 2 heterocycles. The molecule has 0 spiro atoms. The van der Waals surface area contributed by atoms with E-state index in [-0.39, 0.29) is 0 Å². The highest BCUT2D eigenvalue weighted by Crippen LogP contribution is 2.49. The zero-order valence-corrected chi connectivity index (χ0v) is 40.5. The summed E-state index contributed by atoms with van der Waals surface area (Å²) >= 11 is 0. The molecule has 47 heavy (non-hydrogen) atoms. The van der Waals surface area contributed by atoms with Crippen molar-refractivity contribution in [3.63, 3.8) is 0 Å². The first-order valence-electron chi connectivity index (χ1n) is 19.1. The summed E-state index contributed by atoms with van der Waals surface area (Å²) in [6, 6.07) is 1.99. The van der Waals surface area contributed by atoms with Gasteiger partial charge in [0.1, 0.15) is 0 Å². The Morgan fingerprint density at radius 1 is 0.553 bits per heavy atom. The standard InChI is InChI=1S/C30H70O9Si8/c1-30(2,26-13-17-28(18-14-26)31-21-11-23-46(9)36-41(4)25-40(3)33-43(6)37-46)27-15-19-29(20-16-27)32-22-12-24-47(10)38-44(7)34-42(5)35-45(8)39-47/h26-29,40-45H,11-25H2,1-10H3. The third-order valence-corrected chi connectivity index (χ3v) is 42.2. The predicted molar refractivity (Wildman–Crippen MR) is 210 cm³/mol. The molecule has 4 rings (SSSR count). The lowest BCUT2D eigenvalue weighted by atomic mass is 9.60. The average Bonchev–Trinajstić information content (AvgIpc) is 2.96. The fourth-order valence-electron chi connectivity index (χ4n) is 8.89. The van der Waals surface area contributed by atoms with Crippen molar-refractivity contribution in [2.75, 3.05) is 13.2 Å². The summed E-state index contributed by atoms with van der Waals surface area (Å²) in [5, 5.41) is 0. The van der Waals surface area contributed by atoms with E-state index < -0.39 is 72.3 Å². The lowest BCUT2D eigenvalue weighted by molar-refractivity contribution is -0.0352. The molecule has 0 amide bonds. The van der Waals surface area contributed by atoms with Crippen LogP contribution in [0.2, 0.25) is 70.1 Å². The average molecular weight is 800 g/mol. The summed E-state index contributed by atoms with van der Waals surface area (Å²) < 4.78 is 57.4. The van der Waals surface area contributed by atoms with E-state index in [1.807, 2.05) is 0 Å². The molecule has 0 bridgehead atoms. The topological polar surface area (TPSA) is 83.1 Å². The Labute approximate surface area is 300 Å². The maximum absolute atomic E-state index is 6.66. The van der Waals surface area contributed by atoms with Crippen molar-refractivity contribution in [1.29, 1.82) is 0 Å². The molecule has 0 aromatic heterocycles. The van der Waals surface area contributed by atoms with Crippen LogP contribution in [0.3, 0.4) is 0 Å². The molecular formula is C30H70O9Si8. The first-order chi connectivity index (χ1) is 22.1. The number of ether oxygens (including phenoxy) is 2. The fourth-order valence-corrected chi connectivity index (χ4v) is 42.0. The van der Waals surface area contributed by atoms with Crippen molar-refractivity contribution in [2.24, 2.45) is 17.3 Å². The van der Waals surface area contributed by atoms with Crippen LogP contribution in [0.4, 0.5) is 0 Å². The van der Waals surface area contributed by atoms with Crippen molar-refractivity contribution in [1.82, 2.24) is 0 Å². The van der Waals surface area contributed by atoms with Gasteiger partial charge in [-0.05, 0) is 152 Å². The van der Waals surface area contributed by atoms with Gasteiger partial charge < -0.3 is 38.3 Å². The minimum Gasteiger partial charge on any atom is -0.442 e.